The summed E-state index contributed by atoms with van der Waals surface area (Å²) in [6.45, 7) is 0. The zero-order valence-electron chi connectivity index (χ0n) is 14.4. The standard InChI is InChI=1S/C19H17F2N3O3/c1-24-16(25)9-14(17(24)10-2-4-11(20)5-3-10)19(27)23-12-6-7-15(21)13(8-12)18(22)26/h2-8,14,17H,9H2,1H3,(H2,22,26)(H,23,27). The zero-order valence-corrected chi connectivity index (χ0v) is 14.4. The van der Waals surface area contributed by atoms with Crippen LogP contribution < -0.4 is 11.1 Å². The van der Waals surface area contributed by atoms with Gasteiger partial charge in [0.25, 0.3) is 5.91 Å². The van der Waals surface area contributed by atoms with Gasteiger partial charge in [0, 0.05) is 19.2 Å². The molecule has 3 N–H and O–H groups in total. The van der Waals surface area contributed by atoms with Gasteiger partial charge in [0.2, 0.25) is 11.8 Å². The monoisotopic (exact) mass is 373 g/mol. The largest absolute Gasteiger partial charge is 0.366 e. The second kappa shape index (κ2) is 7.14. The highest BCUT2D eigenvalue weighted by molar-refractivity contribution is 5.99. The molecule has 3 amide bonds. The highest BCUT2D eigenvalue weighted by atomic mass is 19.1. The van der Waals surface area contributed by atoms with Gasteiger partial charge in [-0.2, -0.15) is 0 Å². The Balaban J connectivity index is 1.86. The number of nitrogens with zero attached hydrogens (tertiary/aromatic N) is 1. The van der Waals surface area contributed by atoms with Crippen LogP contribution in [0.1, 0.15) is 28.4 Å². The number of hydrogen-bond donors (Lipinski definition) is 2. The molecule has 2 unspecified atom stereocenters. The van der Waals surface area contributed by atoms with E-state index in [4.69, 9.17) is 5.73 Å². The van der Waals surface area contributed by atoms with E-state index in [1.165, 1.54) is 35.2 Å². The Morgan fingerprint density at radius 2 is 1.81 bits per heavy atom. The molecule has 1 aliphatic heterocycles. The van der Waals surface area contributed by atoms with E-state index in [-0.39, 0.29) is 23.6 Å². The van der Waals surface area contributed by atoms with Gasteiger partial charge in [-0.15, -0.1) is 0 Å². The van der Waals surface area contributed by atoms with Crippen molar-refractivity contribution in [1.82, 2.24) is 4.90 Å². The summed E-state index contributed by atoms with van der Waals surface area (Å²) in [5.41, 5.74) is 5.58. The van der Waals surface area contributed by atoms with Gasteiger partial charge < -0.3 is 16.0 Å². The molecule has 3 rings (SSSR count). The summed E-state index contributed by atoms with van der Waals surface area (Å²) in [4.78, 5) is 37.6. The van der Waals surface area contributed by atoms with Gasteiger partial charge in [0.15, 0.2) is 0 Å². The number of rotatable bonds is 4. The second-order valence-electron chi connectivity index (χ2n) is 6.36. The molecule has 0 spiro atoms. The fourth-order valence-electron chi connectivity index (χ4n) is 3.25. The molecular weight excluding hydrogens is 356 g/mol. The molecule has 2 aromatic rings. The molecule has 1 saturated heterocycles. The lowest BCUT2D eigenvalue weighted by Gasteiger charge is -2.25. The Labute approximate surface area is 154 Å². The lowest BCUT2D eigenvalue weighted by molar-refractivity contribution is -0.127. The maximum atomic E-state index is 13.6. The number of nitrogens with two attached hydrogens (primary N) is 1. The van der Waals surface area contributed by atoms with Gasteiger partial charge in [0.05, 0.1) is 17.5 Å². The van der Waals surface area contributed by atoms with Crippen LogP contribution in [0.4, 0.5) is 14.5 Å². The SMILES string of the molecule is CN1C(=O)CC(C(=O)Nc2ccc(F)c(C(N)=O)c2)C1c1ccc(F)cc1. The van der Waals surface area contributed by atoms with Crippen molar-refractivity contribution in [2.45, 2.75) is 12.5 Å². The topological polar surface area (TPSA) is 92.5 Å². The first-order chi connectivity index (χ1) is 12.8. The first-order valence-corrected chi connectivity index (χ1v) is 8.19. The highest BCUT2D eigenvalue weighted by Crippen LogP contribution is 2.37. The summed E-state index contributed by atoms with van der Waals surface area (Å²) < 4.78 is 26.8. The molecule has 1 heterocycles. The second-order valence-corrected chi connectivity index (χ2v) is 6.36. The molecule has 2 atom stereocenters. The zero-order chi connectivity index (χ0) is 19.7. The molecule has 27 heavy (non-hydrogen) atoms. The fraction of sp³-hybridized carbons (Fsp3) is 0.211. The Bertz CT molecular complexity index is 915. The van der Waals surface area contributed by atoms with Crippen LogP contribution in [0.25, 0.3) is 0 Å². The van der Waals surface area contributed by atoms with Crippen LogP contribution in [-0.4, -0.2) is 29.7 Å². The van der Waals surface area contributed by atoms with Gasteiger partial charge in [-0.1, -0.05) is 12.1 Å². The molecule has 1 fully saturated rings. The number of anilines is 1. The number of primary amides is 1. The van der Waals surface area contributed by atoms with Crippen molar-refractivity contribution in [3.8, 4) is 0 Å². The number of benzene rings is 2. The van der Waals surface area contributed by atoms with Gasteiger partial charge in [-0.05, 0) is 35.9 Å². The number of nitrogens with one attached hydrogen (secondary N) is 1. The number of hydrogen-bond acceptors (Lipinski definition) is 3. The van der Waals surface area contributed by atoms with Gasteiger partial charge in [-0.25, -0.2) is 8.78 Å². The van der Waals surface area contributed by atoms with Gasteiger partial charge >= 0.3 is 0 Å². The van der Waals surface area contributed by atoms with Gasteiger partial charge in [0.1, 0.15) is 11.6 Å². The molecule has 1 aliphatic rings. The van der Waals surface area contributed by atoms with Crippen LogP contribution in [0.2, 0.25) is 0 Å². The van der Waals surface area contributed by atoms with Crippen molar-refractivity contribution >= 4 is 23.4 Å². The van der Waals surface area contributed by atoms with Crippen LogP contribution in [0, 0.1) is 17.6 Å². The minimum Gasteiger partial charge on any atom is -0.366 e. The third-order valence-electron chi connectivity index (χ3n) is 4.63. The maximum Gasteiger partial charge on any atom is 0.251 e. The Morgan fingerprint density at radius 3 is 2.44 bits per heavy atom. The van der Waals surface area contributed by atoms with Crippen molar-refractivity contribution in [1.29, 1.82) is 0 Å². The van der Waals surface area contributed by atoms with E-state index in [1.807, 2.05) is 0 Å². The summed E-state index contributed by atoms with van der Waals surface area (Å²) in [6.07, 6.45) is -0.0196. The number of likely N-dealkylation sites (tertiary alicyclic amines) is 1. The number of carbonyl (C=O) groups is 3. The van der Waals surface area contributed by atoms with Crippen molar-refractivity contribution < 1.29 is 23.2 Å². The highest BCUT2D eigenvalue weighted by Gasteiger charge is 2.42. The van der Waals surface area contributed by atoms with E-state index < -0.39 is 35.4 Å². The van der Waals surface area contributed by atoms with Crippen molar-refractivity contribution in [2.24, 2.45) is 11.7 Å². The van der Waals surface area contributed by atoms with Crippen molar-refractivity contribution in [3.63, 3.8) is 0 Å². The molecule has 0 radical (unpaired) electrons. The summed E-state index contributed by atoms with van der Waals surface area (Å²) in [5.74, 6) is -3.58. The van der Waals surface area contributed by atoms with Crippen molar-refractivity contribution in [2.75, 3.05) is 12.4 Å². The van der Waals surface area contributed by atoms with E-state index >= 15 is 0 Å². The van der Waals surface area contributed by atoms with Crippen molar-refractivity contribution in [3.05, 3.63) is 65.2 Å². The molecule has 0 aromatic heterocycles. The molecule has 2 aromatic carbocycles. The first kappa shape index (κ1) is 18.5. The van der Waals surface area contributed by atoms with Crippen LogP contribution in [0.5, 0.6) is 0 Å². The van der Waals surface area contributed by atoms with Crippen LogP contribution in [0.15, 0.2) is 42.5 Å². The predicted molar refractivity (Wildman–Crippen MR) is 93.6 cm³/mol. The quantitative estimate of drug-likeness (QED) is 0.861. The minimum atomic E-state index is -0.955. The molecule has 8 heteroatoms. The summed E-state index contributed by atoms with van der Waals surface area (Å²) in [5, 5.41) is 2.59. The molecule has 0 bridgehead atoms. The Kier molecular flexibility index (Phi) is 4.89. The molecule has 0 saturated carbocycles. The lowest BCUT2D eigenvalue weighted by atomic mass is 9.92. The maximum absolute atomic E-state index is 13.6. The van der Waals surface area contributed by atoms with Crippen LogP contribution in [-0.2, 0) is 9.59 Å². The average molecular weight is 373 g/mol. The van der Waals surface area contributed by atoms with E-state index in [0.29, 0.717) is 5.56 Å². The molecule has 0 aliphatic carbocycles. The third kappa shape index (κ3) is 3.64. The Morgan fingerprint density at radius 1 is 1.15 bits per heavy atom. The summed E-state index contributed by atoms with van der Waals surface area (Å²) in [6, 6.07) is 8.49. The first-order valence-electron chi connectivity index (χ1n) is 8.19. The van der Waals surface area contributed by atoms with Gasteiger partial charge in [-0.3, -0.25) is 14.4 Å². The van der Waals surface area contributed by atoms with E-state index in [1.54, 1.807) is 7.05 Å². The Hall–Kier alpha value is -3.29. The van der Waals surface area contributed by atoms with Crippen LogP contribution >= 0.6 is 0 Å². The average Bonchev–Trinajstić information content (AvgIpc) is 2.92. The van der Waals surface area contributed by atoms with Crippen LogP contribution in [0.3, 0.4) is 0 Å². The molecule has 6 nitrogen and oxygen atoms in total. The van der Waals surface area contributed by atoms with E-state index in [2.05, 4.69) is 5.32 Å². The lowest BCUT2D eigenvalue weighted by Crippen LogP contribution is -2.30. The fourth-order valence-corrected chi connectivity index (χ4v) is 3.25. The number of amides is 3. The molecular formula is C19H17F2N3O3. The summed E-state index contributed by atoms with van der Waals surface area (Å²) in [7, 11) is 1.58. The summed E-state index contributed by atoms with van der Waals surface area (Å²) >= 11 is 0. The smallest absolute Gasteiger partial charge is 0.251 e. The predicted octanol–water partition coefficient (Wildman–Crippen LogP) is 2.22. The minimum absolute atomic E-state index is 0.0196. The number of carbonyl (C=O) groups excluding carboxylic acids is 3. The number of halogens is 2. The molecule has 140 valence electrons. The van der Waals surface area contributed by atoms with E-state index in [0.717, 1.165) is 12.1 Å². The normalized spacial score (nSPS) is 19.2. The van der Waals surface area contributed by atoms with E-state index in [9.17, 15) is 23.2 Å². The third-order valence-corrected chi connectivity index (χ3v) is 4.63.